The summed E-state index contributed by atoms with van der Waals surface area (Å²) >= 11 is 0. The zero-order valence-corrected chi connectivity index (χ0v) is 15.8. The summed E-state index contributed by atoms with van der Waals surface area (Å²) in [4.78, 5) is 12.2. The Morgan fingerprint density at radius 3 is 2.88 bits per heavy atom. The summed E-state index contributed by atoms with van der Waals surface area (Å²) in [5.41, 5.74) is 1.18. The molecule has 1 aliphatic heterocycles. The van der Waals surface area contributed by atoms with Crippen LogP contribution in [-0.2, 0) is 4.79 Å². The van der Waals surface area contributed by atoms with Crippen molar-refractivity contribution in [2.24, 2.45) is 11.8 Å². The van der Waals surface area contributed by atoms with E-state index < -0.39 is 0 Å². The lowest BCUT2D eigenvalue weighted by Gasteiger charge is -2.28. The Balaban J connectivity index is 0.00000288. The summed E-state index contributed by atoms with van der Waals surface area (Å²) in [7, 11) is 0. The standard InChI is InChI=1S/C19H30N2O2.ClH/c1-14-6-4-8-18(10-14)23-13-16(3)21-19(22)11-15(2)17-7-5-9-20-12-17;/h4,6,8,10,15-17,20H,5,7,9,11-13H2,1-3H3,(H,21,22);1H. The van der Waals surface area contributed by atoms with Gasteiger partial charge in [0, 0.05) is 6.42 Å². The highest BCUT2D eigenvalue weighted by Crippen LogP contribution is 2.22. The lowest BCUT2D eigenvalue weighted by Crippen LogP contribution is -2.39. The Bertz CT molecular complexity index is 504. The summed E-state index contributed by atoms with van der Waals surface area (Å²) in [6.07, 6.45) is 3.05. The van der Waals surface area contributed by atoms with E-state index in [0.29, 0.717) is 24.9 Å². The lowest BCUT2D eigenvalue weighted by molar-refractivity contribution is -0.123. The molecule has 1 heterocycles. The van der Waals surface area contributed by atoms with Crippen LogP contribution < -0.4 is 15.4 Å². The van der Waals surface area contributed by atoms with Gasteiger partial charge in [-0.05, 0) is 69.3 Å². The Kier molecular flexibility index (Phi) is 9.16. The number of hydrogen-bond acceptors (Lipinski definition) is 3. The van der Waals surface area contributed by atoms with Crippen molar-refractivity contribution in [1.29, 1.82) is 0 Å². The zero-order chi connectivity index (χ0) is 16.7. The van der Waals surface area contributed by atoms with Gasteiger partial charge in [0.15, 0.2) is 0 Å². The molecule has 1 amide bonds. The third-order valence-electron chi connectivity index (χ3n) is 4.54. The second-order valence-corrected chi connectivity index (χ2v) is 6.88. The Labute approximate surface area is 152 Å². The van der Waals surface area contributed by atoms with Crippen molar-refractivity contribution < 1.29 is 9.53 Å². The smallest absolute Gasteiger partial charge is 0.220 e. The number of aryl methyl sites for hydroxylation is 1. The van der Waals surface area contributed by atoms with Gasteiger partial charge < -0.3 is 15.4 Å². The molecule has 2 rings (SSSR count). The molecule has 1 aromatic rings. The number of rotatable bonds is 7. The van der Waals surface area contributed by atoms with E-state index >= 15 is 0 Å². The molecule has 3 unspecified atom stereocenters. The van der Waals surface area contributed by atoms with Gasteiger partial charge in [0.05, 0.1) is 6.04 Å². The fraction of sp³-hybridized carbons (Fsp3) is 0.632. The van der Waals surface area contributed by atoms with Crippen LogP contribution in [0.15, 0.2) is 24.3 Å². The molecule has 2 N–H and O–H groups in total. The Morgan fingerprint density at radius 1 is 1.42 bits per heavy atom. The lowest BCUT2D eigenvalue weighted by atomic mass is 9.85. The molecule has 4 nitrogen and oxygen atoms in total. The van der Waals surface area contributed by atoms with Gasteiger partial charge in [0.25, 0.3) is 0 Å². The minimum atomic E-state index is 0. The van der Waals surface area contributed by atoms with Crippen LogP contribution in [0.25, 0.3) is 0 Å². The molecular formula is C19H31ClN2O2. The minimum absolute atomic E-state index is 0. The van der Waals surface area contributed by atoms with Crippen molar-refractivity contribution in [2.75, 3.05) is 19.7 Å². The maximum Gasteiger partial charge on any atom is 0.220 e. The third kappa shape index (κ3) is 7.10. The SMILES string of the molecule is Cc1cccc(OCC(C)NC(=O)CC(C)C2CCCNC2)c1.Cl. The molecule has 24 heavy (non-hydrogen) atoms. The van der Waals surface area contributed by atoms with Gasteiger partial charge in [-0.3, -0.25) is 4.79 Å². The topological polar surface area (TPSA) is 50.4 Å². The molecule has 1 saturated heterocycles. The molecule has 0 bridgehead atoms. The van der Waals surface area contributed by atoms with E-state index in [2.05, 4.69) is 17.6 Å². The minimum Gasteiger partial charge on any atom is -0.491 e. The largest absolute Gasteiger partial charge is 0.491 e. The highest BCUT2D eigenvalue weighted by molar-refractivity contribution is 5.85. The normalized spacial score (nSPS) is 19.7. The van der Waals surface area contributed by atoms with E-state index in [1.54, 1.807) is 0 Å². The number of benzene rings is 1. The molecule has 1 aromatic carbocycles. The van der Waals surface area contributed by atoms with Crippen LogP contribution in [-0.4, -0.2) is 31.6 Å². The Hall–Kier alpha value is -1.26. The maximum absolute atomic E-state index is 12.2. The fourth-order valence-corrected chi connectivity index (χ4v) is 3.13. The van der Waals surface area contributed by atoms with Gasteiger partial charge in [0.1, 0.15) is 12.4 Å². The first-order chi connectivity index (χ1) is 11.0. The number of hydrogen-bond donors (Lipinski definition) is 2. The van der Waals surface area contributed by atoms with E-state index in [4.69, 9.17) is 4.74 Å². The summed E-state index contributed by atoms with van der Waals surface area (Å²) < 4.78 is 5.75. The van der Waals surface area contributed by atoms with Crippen molar-refractivity contribution in [3.63, 3.8) is 0 Å². The predicted molar refractivity (Wildman–Crippen MR) is 101 cm³/mol. The summed E-state index contributed by atoms with van der Waals surface area (Å²) in [5.74, 6) is 2.03. The molecule has 0 radical (unpaired) electrons. The van der Waals surface area contributed by atoms with Crippen LogP contribution >= 0.6 is 12.4 Å². The van der Waals surface area contributed by atoms with Gasteiger partial charge >= 0.3 is 0 Å². The van der Waals surface area contributed by atoms with Crippen molar-refractivity contribution in [2.45, 2.75) is 46.1 Å². The van der Waals surface area contributed by atoms with Gasteiger partial charge in [0.2, 0.25) is 5.91 Å². The van der Waals surface area contributed by atoms with Crippen LogP contribution in [0, 0.1) is 18.8 Å². The number of piperidine rings is 1. The first kappa shape index (κ1) is 20.8. The number of ether oxygens (including phenoxy) is 1. The molecule has 0 spiro atoms. The van der Waals surface area contributed by atoms with Crippen LogP contribution in [0.5, 0.6) is 5.75 Å². The second-order valence-electron chi connectivity index (χ2n) is 6.88. The average Bonchev–Trinajstić information content (AvgIpc) is 2.53. The fourth-order valence-electron chi connectivity index (χ4n) is 3.13. The van der Waals surface area contributed by atoms with Crippen molar-refractivity contribution in [3.8, 4) is 5.75 Å². The van der Waals surface area contributed by atoms with Gasteiger partial charge in [-0.25, -0.2) is 0 Å². The van der Waals surface area contributed by atoms with Crippen LogP contribution in [0.1, 0.15) is 38.7 Å². The van der Waals surface area contributed by atoms with Crippen molar-refractivity contribution in [1.82, 2.24) is 10.6 Å². The van der Waals surface area contributed by atoms with Crippen molar-refractivity contribution in [3.05, 3.63) is 29.8 Å². The van der Waals surface area contributed by atoms with Gasteiger partial charge in [-0.15, -0.1) is 12.4 Å². The van der Waals surface area contributed by atoms with Gasteiger partial charge in [-0.2, -0.15) is 0 Å². The summed E-state index contributed by atoms with van der Waals surface area (Å²) in [6, 6.07) is 7.99. The average molecular weight is 355 g/mol. The molecule has 1 aliphatic rings. The summed E-state index contributed by atoms with van der Waals surface area (Å²) in [5, 5.41) is 6.47. The third-order valence-corrected chi connectivity index (χ3v) is 4.54. The molecule has 0 aliphatic carbocycles. The predicted octanol–water partition coefficient (Wildman–Crippen LogP) is 3.33. The van der Waals surface area contributed by atoms with E-state index in [9.17, 15) is 4.79 Å². The first-order valence-electron chi connectivity index (χ1n) is 8.74. The number of amides is 1. The monoisotopic (exact) mass is 354 g/mol. The van der Waals surface area contributed by atoms with E-state index in [0.717, 1.165) is 18.8 Å². The molecule has 1 fully saturated rings. The second kappa shape index (κ2) is 10.6. The number of nitrogens with one attached hydrogen (secondary N) is 2. The zero-order valence-electron chi connectivity index (χ0n) is 15.0. The molecule has 136 valence electrons. The molecule has 0 saturated carbocycles. The van der Waals surface area contributed by atoms with Gasteiger partial charge in [-0.1, -0.05) is 19.1 Å². The molecule has 0 aromatic heterocycles. The molecular weight excluding hydrogens is 324 g/mol. The number of carbonyl (C=O) groups is 1. The summed E-state index contributed by atoms with van der Waals surface area (Å²) in [6.45, 7) is 8.86. The van der Waals surface area contributed by atoms with Crippen LogP contribution in [0.3, 0.4) is 0 Å². The quantitative estimate of drug-likeness (QED) is 0.789. The van der Waals surface area contributed by atoms with Crippen LogP contribution in [0.4, 0.5) is 0 Å². The number of carbonyl (C=O) groups excluding carboxylic acids is 1. The van der Waals surface area contributed by atoms with E-state index in [1.165, 1.54) is 18.4 Å². The Morgan fingerprint density at radius 2 is 2.21 bits per heavy atom. The van der Waals surface area contributed by atoms with E-state index in [1.807, 2.05) is 38.1 Å². The van der Waals surface area contributed by atoms with Crippen molar-refractivity contribution >= 4 is 18.3 Å². The molecule has 5 heteroatoms. The number of halogens is 1. The maximum atomic E-state index is 12.2. The van der Waals surface area contributed by atoms with E-state index in [-0.39, 0.29) is 24.4 Å². The highest BCUT2D eigenvalue weighted by Gasteiger charge is 2.22. The molecule has 3 atom stereocenters. The first-order valence-corrected chi connectivity index (χ1v) is 8.74. The highest BCUT2D eigenvalue weighted by atomic mass is 35.5. The van der Waals surface area contributed by atoms with Crippen LogP contribution in [0.2, 0.25) is 0 Å².